The summed E-state index contributed by atoms with van der Waals surface area (Å²) in [5.74, 6) is -2.75. The molecule has 0 aliphatic carbocycles. The number of nitro benzene ring substituents is 1. The first-order valence-electron chi connectivity index (χ1n) is 5.02. The fourth-order valence-corrected chi connectivity index (χ4v) is 1.22. The molecule has 1 aromatic carbocycles. The zero-order chi connectivity index (χ0) is 13.9. The fourth-order valence-electron chi connectivity index (χ4n) is 1.22. The molecule has 98 valence electrons. The molecule has 6 nitrogen and oxygen atoms in total. The number of benzene rings is 1. The molecule has 8 heteroatoms. The van der Waals surface area contributed by atoms with Crippen LogP contribution in [-0.2, 0) is 0 Å². The molecule has 2 amide bonds. The van der Waals surface area contributed by atoms with Crippen LogP contribution in [0.15, 0.2) is 12.1 Å². The summed E-state index contributed by atoms with van der Waals surface area (Å²) < 4.78 is 26.4. The molecule has 0 heterocycles. The third kappa shape index (κ3) is 3.12. The number of halogens is 2. The van der Waals surface area contributed by atoms with E-state index < -0.39 is 34.0 Å². The number of carbonyl (C=O) groups excluding carboxylic acids is 1. The van der Waals surface area contributed by atoms with Crippen LogP contribution in [0.3, 0.4) is 0 Å². The van der Waals surface area contributed by atoms with Gasteiger partial charge < -0.3 is 5.32 Å². The molecule has 0 fully saturated rings. The van der Waals surface area contributed by atoms with E-state index >= 15 is 0 Å². The van der Waals surface area contributed by atoms with Crippen molar-refractivity contribution < 1.29 is 18.5 Å². The molecule has 0 spiro atoms. The average Bonchev–Trinajstić information content (AvgIpc) is 2.23. The number of urea groups is 1. The number of hydrogen-bond donors (Lipinski definition) is 2. The van der Waals surface area contributed by atoms with Gasteiger partial charge in [-0.25, -0.2) is 13.6 Å². The minimum atomic E-state index is -1.47. The normalized spacial score (nSPS) is 10.3. The first kappa shape index (κ1) is 13.8. The molecular weight excluding hydrogens is 248 g/mol. The molecule has 0 atom stereocenters. The number of hydrogen-bond acceptors (Lipinski definition) is 3. The van der Waals surface area contributed by atoms with Crippen LogP contribution in [0, 0.1) is 21.7 Å². The molecule has 0 saturated heterocycles. The van der Waals surface area contributed by atoms with Crippen LogP contribution in [-0.4, -0.2) is 17.0 Å². The number of anilines is 1. The second-order valence-electron chi connectivity index (χ2n) is 3.77. The van der Waals surface area contributed by atoms with Gasteiger partial charge in [-0.2, -0.15) is 0 Å². The standard InChI is InChI=1S/C10H11F2N3O3/c1-5(2)13-10(16)14-9-7(15(17)18)4-3-6(11)8(9)12/h3-5H,1-2H3,(H2,13,14,16). The number of nitro groups is 1. The van der Waals surface area contributed by atoms with Crippen molar-refractivity contribution in [2.45, 2.75) is 19.9 Å². The Bertz CT molecular complexity index is 492. The van der Waals surface area contributed by atoms with Gasteiger partial charge in [-0.15, -0.1) is 0 Å². The molecular formula is C10H11F2N3O3. The Hall–Kier alpha value is -2.25. The zero-order valence-electron chi connectivity index (χ0n) is 9.66. The number of nitrogens with zero attached hydrogens (tertiary/aromatic N) is 1. The van der Waals surface area contributed by atoms with Gasteiger partial charge in [0.2, 0.25) is 0 Å². The number of carbonyl (C=O) groups is 1. The van der Waals surface area contributed by atoms with E-state index in [1.807, 2.05) is 5.32 Å². The Morgan fingerprint density at radius 3 is 2.50 bits per heavy atom. The van der Waals surface area contributed by atoms with E-state index in [2.05, 4.69) is 5.32 Å². The van der Waals surface area contributed by atoms with Crippen molar-refractivity contribution in [1.82, 2.24) is 5.32 Å². The molecule has 0 saturated carbocycles. The van der Waals surface area contributed by atoms with Crippen LogP contribution < -0.4 is 10.6 Å². The molecule has 18 heavy (non-hydrogen) atoms. The first-order valence-corrected chi connectivity index (χ1v) is 5.02. The monoisotopic (exact) mass is 259 g/mol. The summed E-state index contributed by atoms with van der Waals surface area (Å²) in [4.78, 5) is 21.1. The van der Waals surface area contributed by atoms with E-state index in [4.69, 9.17) is 0 Å². The molecule has 0 aliphatic heterocycles. The van der Waals surface area contributed by atoms with E-state index in [9.17, 15) is 23.7 Å². The highest BCUT2D eigenvalue weighted by Gasteiger charge is 2.23. The van der Waals surface area contributed by atoms with Gasteiger partial charge in [-0.3, -0.25) is 15.4 Å². The van der Waals surface area contributed by atoms with Crippen molar-refractivity contribution in [2.75, 3.05) is 5.32 Å². The molecule has 0 unspecified atom stereocenters. The first-order chi connectivity index (χ1) is 8.32. The Kier molecular flexibility index (Phi) is 4.13. The van der Waals surface area contributed by atoms with E-state index in [1.54, 1.807) is 13.8 Å². The van der Waals surface area contributed by atoms with Crippen LogP contribution in [0.5, 0.6) is 0 Å². The quantitative estimate of drug-likeness (QED) is 0.645. The number of nitrogens with one attached hydrogen (secondary N) is 2. The fraction of sp³-hybridized carbons (Fsp3) is 0.300. The van der Waals surface area contributed by atoms with Gasteiger partial charge in [0.1, 0.15) is 0 Å². The third-order valence-electron chi connectivity index (χ3n) is 1.93. The van der Waals surface area contributed by atoms with Gasteiger partial charge in [0.05, 0.1) is 4.92 Å². The summed E-state index contributed by atoms with van der Waals surface area (Å²) in [5, 5.41) is 14.9. The maximum atomic E-state index is 13.4. The molecule has 0 aromatic heterocycles. The Morgan fingerprint density at radius 1 is 1.39 bits per heavy atom. The predicted molar refractivity (Wildman–Crippen MR) is 60.3 cm³/mol. The van der Waals surface area contributed by atoms with Crippen LogP contribution >= 0.6 is 0 Å². The Labute approximate surface area is 101 Å². The van der Waals surface area contributed by atoms with Crippen LogP contribution in [0.1, 0.15) is 13.8 Å². The summed E-state index contributed by atoms with van der Waals surface area (Å²) in [7, 11) is 0. The molecule has 0 bridgehead atoms. The van der Waals surface area contributed by atoms with Crippen LogP contribution in [0.25, 0.3) is 0 Å². The molecule has 0 radical (unpaired) electrons. The topological polar surface area (TPSA) is 84.3 Å². The highest BCUT2D eigenvalue weighted by Crippen LogP contribution is 2.28. The van der Waals surface area contributed by atoms with Crippen molar-refractivity contribution in [3.8, 4) is 0 Å². The summed E-state index contributed by atoms with van der Waals surface area (Å²) in [6.07, 6.45) is 0. The molecule has 2 N–H and O–H groups in total. The van der Waals surface area contributed by atoms with Crippen LogP contribution in [0.2, 0.25) is 0 Å². The summed E-state index contributed by atoms with van der Waals surface area (Å²) in [6.45, 7) is 3.30. The predicted octanol–water partition coefficient (Wildman–Crippen LogP) is 2.40. The second kappa shape index (κ2) is 5.39. The zero-order valence-corrected chi connectivity index (χ0v) is 9.66. The molecule has 0 aliphatic rings. The van der Waals surface area contributed by atoms with Gasteiger partial charge in [-0.1, -0.05) is 0 Å². The number of rotatable bonds is 3. The smallest absolute Gasteiger partial charge is 0.319 e. The highest BCUT2D eigenvalue weighted by molar-refractivity contribution is 5.92. The van der Waals surface area contributed by atoms with Crippen molar-refractivity contribution in [3.63, 3.8) is 0 Å². The lowest BCUT2D eigenvalue weighted by atomic mass is 10.2. The van der Waals surface area contributed by atoms with Gasteiger partial charge in [0.15, 0.2) is 17.3 Å². The summed E-state index contributed by atoms with van der Waals surface area (Å²) in [6, 6.07) is 0.306. The van der Waals surface area contributed by atoms with Crippen LogP contribution in [0.4, 0.5) is 25.0 Å². The van der Waals surface area contributed by atoms with Gasteiger partial charge >= 0.3 is 6.03 Å². The molecule has 1 aromatic rings. The van der Waals surface area contributed by atoms with Crippen molar-refractivity contribution in [1.29, 1.82) is 0 Å². The summed E-state index contributed by atoms with van der Waals surface area (Å²) >= 11 is 0. The van der Waals surface area contributed by atoms with Gasteiger partial charge in [0, 0.05) is 12.1 Å². The van der Waals surface area contributed by atoms with Gasteiger partial charge in [0.25, 0.3) is 5.69 Å². The van der Waals surface area contributed by atoms with E-state index in [0.29, 0.717) is 6.07 Å². The minimum Gasteiger partial charge on any atom is -0.336 e. The lowest BCUT2D eigenvalue weighted by molar-refractivity contribution is -0.384. The second-order valence-corrected chi connectivity index (χ2v) is 3.77. The van der Waals surface area contributed by atoms with Crippen molar-refractivity contribution >= 4 is 17.4 Å². The largest absolute Gasteiger partial charge is 0.336 e. The van der Waals surface area contributed by atoms with Crippen molar-refractivity contribution in [2.24, 2.45) is 0 Å². The molecule has 1 rings (SSSR count). The van der Waals surface area contributed by atoms with Gasteiger partial charge in [-0.05, 0) is 19.9 Å². The minimum absolute atomic E-state index is 0.249. The maximum absolute atomic E-state index is 13.4. The van der Waals surface area contributed by atoms with E-state index in [-0.39, 0.29) is 6.04 Å². The number of amides is 2. The lowest BCUT2D eigenvalue weighted by Crippen LogP contribution is -2.34. The van der Waals surface area contributed by atoms with Crippen molar-refractivity contribution in [3.05, 3.63) is 33.9 Å². The summed E-state index contributed by atoms with van der Waals surface area (Å²) in [5.41, 5.74) is -1.51. The van der Waals surface area contributed by atoms with E-state index in [1.165, 1.54) is 0 Å². The Morgan fingerprint density at radius 2 is 2.00 bits per heavy atom. The average molecular weight is 259 g/mol. The SMILES string of the molecule is CC(C)NC(=O)Nc1c([N+](=O)[O-])ccc(F)c1F. The van der Waals surface area contributed by atoms with E-state index in [0.717, 1.165) is 6.07 Å². The maximum Gasteiger partial charge on any atom is 0.319 e. The Balaban J connectivity index is 3.09. The highest BCUT2D eigenvalue weighted by atomic mass is 19.2. The third-order valence-corrected chi connectivity index (χ3v) is 1.93. The lowest BCUT2D eigenvalue weighted by Gasteiger charge is -2.11.